The number of hydrogen-bond acceptors (Lipinski definition) is 5. The van der Waals surface area contributed by atoms with Gasteiger partial charge < -0.3 is 21.1 Å². The summed E-state index contributed by atoms with van der Waals surface area (Å²) in [6.45, 7) is 0. The molecule has 2 unspecified atom stereocenters. The van der Waals surface area contributed by atoms with Crippen molar-refractivity contribution in [2.75, 3.05) is 12.4 Å². The number of carbonyl (C=O) groups excluding carboxylic acids is 3. The number of aliphatic imine (C=N–C) groups is 1. The first kappa shape index (κ1) is 31.7. The molecule has 0 spiro atoms. The molecule has 1 heterocycles. The van der Waals surface area contributed by atoms with Crippen molar-refractivity contribution in [3.05, 3.63) is 58.6 Å². The van der Waals surface area contributed by atoms with E-state index in [1.165, 1.54) is 19.2 Å². The number of rotatable bonds is 10. The number of ether oxygens (including phenoxy) is 1. The first-order valence-electron chi connectivity index (χ1n) is 12.1. The number of nitrogens with zero attached hydrogens (tertiary/aromatic N) is 1. The number of benzene rings is 2. The van der Waals surface area contributed by atoms with Gasteiger partial charge in [-0.3, -0.25) is 14.4 Å². The van der Waals surface area contributed by atoms with Crippen LogP contribution in [0.4, 0.5) is 32.0 Å². The fraction of sp³-hybridized carbons (Fsp3) is 0.385. The van der Waals surface area contributed by atoms with Gasteiger partial charge in [0.05, 0.1) is 18.5 Å². The van der Waals surface area contributed by atoms with Crippen molar-refractivity contribution in [1.82, 2.24) is 5.32 Å². The van der Waals surface area contributed by atoms with Gasteiger partial charge in [-0.25, -0.2) is 4.99 Å². The van der Waals surface area contributed by atoms with Crippen LogP contribution in [-0.4, -0.2) is 49.1 Å². The number of methoxy groups -OCH3 is 1. The molecule has 3 amide bonds. The number of anilines is 1. The Bertz CT molecular complexity index is 1310. The minimum absolute atomic E-state index is 0.162. The highest BCUT2D eigenvalue weighted by molar-refractivity contribution is 6.31. The summed E-state index contributed by atoms with van der Waals surface area (Å²) in [5.74, 6) is -7.20. The van der Waals surface area contributed by atoms with E-state index in [-0.39, 0.29) is 17.1 Å². The van der Waals surface area contributed by atoms with Crippen LogP contribution in [-0.2, 0) is 14.4 Å². The first-order valence-corrected chi connectivity index (χ1v) is 12.5. The average Bonchev–Trinajstić information content (AvgIpc) is 3.01. The maximum absolute atomic E-state index is 13.3. The van der Waals surface area contributed by atoms with Crippen LogP contribution in [0, 0.1) is 11.8 Å². The van der Waals surface area contributed by atoms with Gasteiger partial charge in [-0.05, 0) is 31.0 Å². The second-order valence-corrected chi connectivity index (χ2v) is 9.63. The van der Waals surface area contributed by atoms with Crippen molar-refractivity contribution in [3.63, 3.8) is 0 Å². The number of alkyl halides is 6. The van der Waals surface area contributed by atoms with Crippen LogP contribution in [0.15, 0.2) is 47.5 Å². The number of nitrogens with two attached hydrogens (primary N) is 1. The molecule has 1 aliphatic rings. The van der Waals surface area contributed by atoms with Crippen molar-refractivity contribution < 1.29 is 45.5 Å². The molecular weight excluding hydrogens is 582 g/mol. The second-order valence-electron chi connectivity index (χ2n) is 9.19. The van der Waals surface area contributed by atoms with E-state index in [0.29, 0.717) is 16.1 Å². The Kier molecular flexibility index (Phi) is 9.89. The van der Waals surface area contributed by atoms with Gasteiger partial charge in [0.15, 0.2) is 0 Å². The Morgan fingerprint density at radius 3 is 2.15 bits per heavy atom. The molecule has 0 fully saturated rings. The summed E-state index contributed by atoms with van der Waals surface area (Å²) >= 11 is 5.99. The standard InChI is InChI=1S/C26H25ClF6N4O4/c1-41-18-4-2-3-17-19(13-5-7-14(27)8-6-13)35-22(24(40)36-20(17)18)37-23(39)16(10-12-26(31,32)33)15(21(34)38)9-11-25(28,29)30/h2-8,15-16,22H,9-12H2,1H3,(H2,34,38)(H,36,40)(H,37,39)/t15?,16?,22-/m1/s1. The van der Waals surface area contributed by atoms with Crippen LogP contribution in [0.5, 0.6) is 5.75 Å². The Labute approximate surface area is 235 Å². The number of primary amides is 1. The Balaban J connectivity index is 2.03. The van der Waals surface area contributed by atoms with E-state index < -0.39 is 73.8 Å². The summed E-state index contributed by atoms with van der Waals surface area (Å²) in [6.07, 6.45) is -16.5. The fourth-order valence-corrected chi connectivity index (χ4v) is 4.47. The molecule has 0 radical (unpaired) electrons. The SMILES string of the molecule is COc1cccc2c1NC(=O)[C@@H](NC(=O)C(CCC(F)(F)F)C(CCC(F)(F)F)C(N)=O)N=C2c1ccc(Cl)cc1. The highest BCUT2D eigenvalue weighted by atomic mass is 35.5. The molecule has 222 valence electrons. The smallest absolute Gasteiger partial charge is 0.389 e. The molecule has 2 aromatic carbocycles. The summed E-state index contributed by atoms with van der Waals surface area (Å²) in [4.78, 5) is 42.9. The number of amides is 3. The number of carbonyl (C=O) groups is 3. The summed E-state index contributed by atoms with van der Waals surface area (Å²) in [5, 5.41) is 5.15. The van der Waals surface area contributed by atoms with E-state index >= 15 is 0 Å². The van der Waals surface area contributed by atoms with Gasteiger partial charge in [-0.15, -0.1) is 0 Å². The van der Waals surface area contributed by atoms with E-state index in [1.807, 2.05) is 0 Å². The Hall–Kier alpha value is -3.81. The van der Waals surface area contributed by atoms with Gasteiger partial charge in [-0.1, -0.05) is 35.9 Å². The molecule has 41 heavy (non-hydrogen) atoms. The molecule has 3 atom stereocenters. The van der Waals surface area contributed by atoms with Gasteiger partial charge in [0.2, 0.25) is 18.0 Å². The Morgan fingerprint density at radius 2 is 1.61 bits per heavy atom. The predicted molar refractivity (Wildman–Crippen MR) is 137 cm³/mol. The van der Waals surface area contributed by atoms with Crippen molar-refractivity contribution in [1.29, 1.82) is 0 Å². The molecule has 4 N–H and O–H groups in total. The monoisotopic (exact) mass is 606 g/mol. The molecule has 0 aromatic heterocycles. The summed E-state index contributed by atoms with van der Waals surface area (Å²) in [5.41, 5.74) is 6.38. The predicted octanol–water partition coefficient (Wildman–Crippen LogP) is 4.98. The van der Waals surface area contributed by atoms with E-state index in [2.05, 4.69) is 15.6 Å². The number of halogens is 7. The molecule has 3 rings (SSSR count). The third-order valence-electron chi connectivity index (χ3n) is 6.32. The summed E-state index contributed by atoms with van der Waals surface area (Å²) < 4.78 is 83.1. The Morgan fingerprint density at radius 1 is 1.02 bits per heavy atom. The number of benzodiazepines with no additional fused rings is 1. The summed E-state index contributed by atoms with van der Waals surface area (Å²) in [6, 6.07) is 11.0. The maximum atomic E-state index is 13.3. The van der Waals surface area contributed by atoms with Gasteiger partial charge in [0, 0.05) is 40.8 Å². The highest BCUT2D eigenvalue weighted by Gasteiger charge is 2.40. The quantitative estimate of drug-likeness (QED) is 0.330. The summed E-state index contributed by atoms with van der Waals surface area (Å²) in [7, 11) is 1.35. The van der Waals surface area contributed by atoms with Crippen LogP contribution in [0.3, 0.4) is 0 Å². The minimum Gasteiger partial charge on any atom is -0.495 e. The molecular formula is C26H25ClF6N4O4. The van der Waals surface area contributed by atoms with Crippen molar-refractivity contribution >= 4 is 40.7 Å². The van der Waals surface area contributed by atoms with E-state index in [4.69, 9.17) is 22.1 Å². The molecule has 2 aromatic rings. The van der Waals surface area contributed by atoms with Crippen LogP contribution in [0.25, 0.3) is 0 Å². The minimum atomic E-state index is -4.79. The molecule has 15 heteroatoms. The van der Waals surface area contributed by atoms with Crippen LogP contribution >= 0.6 is 11.6 Å². The van der Waals surface area contributed by atoms with E-state index in [0.717, 1.165) is 0 Å². The lowest BCUT2D eigenvalue weighted by atomic mass is 9.83. The molecule has 0 bridgehead atoms. The van der Waals surface area contributed by atoms with Gasteiger partial charge in [0.25, 0.3) is 5.91 Å². The zero-order valence-corrected chi connectivity index (χ0v) is 22.2. The van der Waals surface area contributed by atoms with Crippen LogP contribution in [0.1, 0.15) is 36.8 Å². The lowest BCUT2D eigenvalue weighted by Gasteiger charge is -2.26. The van der Waals surface area contributed by atoms with Gasteiger partial charge >= 0.3 is 12.4 Å². The van der Waals surface area contributed by atoms with Gasteiger partial charge in [-0.2, -0.15) is 26.3 Å². The van der Waals surface area contributed by atoms with E-state index in [1.54, 1.807) is 30.3 Å². The van der Waals surface area contributed by atoms with Crippen molar-refractivity contribution in [3.8, 4) is 5.75 Å². The molecule has 0 aliphatic carbocycles. The first-order chi connectivity index (χ1) is 19.1. The van der Waals surface area contributed by atoms with Crippen LogP contribution < -0.4 is 21.1 Å². The molecule has 1 aliphatic heterocycles. The van der Waals surface area contributed by atoms with E-state index in [9.17, 15) is 40.7 Å². The normalized spacial score (nSPS) is 16.9. The molecule has 0 saturated heterocycles. The number of para-hydroxylation sites is 1. The lowest BCUT2D eigenvalue weighted by Crippen LogP contribution is -2.48. The molecule has 8 nitrogen and oxygen atoms in total. The lowest BCUT2D eigenvalue weighted by molar-refractivity contribution is -0.152. The second kappa shape index (κ2) is 12.8. The number of fused-ring (bicyclic) bond motifs is 1. The zero-order valence-electron chi connectivity index (χ0n) is 21.4. The highest BCUT2D eigenvalue weighted by Crippen LogP contribution is 2.35. The number of hydrogen-bond donors (Lipinski definition) is 3. The average molecular weight is 607 g/mol. The third-order valence-corrected chi connectivity index (χ3v) is 6.57. The maximum Gasteiger partial charge on any atom is 0.389 e. The zero-order chi connectivity index (χ0) is 30.5. The van der Waals surface area contributed by atoms with Gasteiger partial charge in [0.1, 0.15) is 5.75 Å². The van der Waals surface area contributed by atoms with Crippen molar-refractivity contribution in [2.45, 2.75) is 44.2 Å². The third kappa shape index (κ3) is 8.59. The largest absolute Gasteiger partial charge is 0.495 e. The van der Waals surface area contributed by atoms with Crippen LogP contribution in [0.2, 0.25) is 5.02 Å². The fourth-order valence-electron chi connectivity index (χ4n) is 4.35. The number of nitrogens with one attached hydrogen (secondary N) is 2. The topological polar surface area (TPSA) is 123 Å². The molecule has 0 saturated carbocycles. The van der Waals surface area contributed by atoms with Crippen molar-refractivity contribution in [2.24, 2.45) is 22.6 Å².